The number of nitrogens with zero attached hydrogens (tertiary/aromatic N) is 1. The van der Waals surface area contributed by atoms with Gasteiger partial charge in [0.25, 0.3) is 0 Å². The summed E-state index contributed by atoms with van der Waals surface area (Å²) in [4.78, 5) is 4.57. The van der Waals surface area contributed by atoms with Crippen molar-refractivity contribution < 1.29 is 4.74 Å². The number of anilines is 1. The molecule has 0 radical (unpaired) electrons. The van der Waals surface area contributed by atoms with E-state index < -0.39 is 0 Å². The average molecular weight is 216 g/mol. The predicted molar refractivity (Wildman–Crippen MR) is 67.3 cm³/mol. The number of rotatable bonds is 2. The summed E-state index contributed by atoms with van der Waals surface area (Å²) in [5.74, 6) is 1.72. The van der Waals surface area contributed by atoms with Crippen LogP contribution in [0.1, 0.15) is 11.1 Å². The summed E-state index contributed by atoms with van der Waals surface area (Å²) in [5, 5.41) is 4.21. The van der Waals surface area contributed by atoms with Crippen LogP contribution in [-0.2, 0) is 0 Å². The maximum atomic E-state index is 5.36. The van der Waals surface area contributed by atoms with Gasteiger partial charge in [-0.05, 0) is 43.2 Å². The van der Waals surface area contributed by atoms with Gasteiger partial charge in [-0.1, -0.05) is 0 Å². The zero-order valence-corrected chi connectivity index (χ0v) is 10.1. The third kappa shape index (κ3) is 1.69. The number of aromatic nitrogens is 1. The van der Waals surface area contributed by atoms with Crippen molar-refractivity contribution in [3.8, 4) is 5.75 Å². The summed E-state index contributed by atoms with van der Waals surface area (Å²) in [5.41, 5.74) is 3.23. The van der Waals surface area contributed by atoms with Gasteiger partial charge in [-0.2, -0.15) is 0 Å². The van der Waals surface area contributed by atoms with Crippen molar-refractivity contribution in [2.24, 2.45) is 0 Å². The van der Waals surface area contributed by atoms with Crippen LogP contribution in [0.3, 0.4) is 0 Å². The minimum absolute atomic E-state index is 0.825. The van der Waals surface area contributed by atoms with Gasteiger partial charge in [0.1, 0.15) is 17.1 Å². The molecule has 0 aliphatic carbocycles. The Kier molecular flexibility index (Phi) is 2.69. The molecule has 2 rings (SSSR count). The summed E-state index contributed by atoms with van der Waals surface area (Å²) in [6.07, 6.45) is 0. The van der Waals surface area contributed by atoms with Crippen molar-refractivity contribution in [1.82, 2.24) is 4.98 Å². The lowest BCUT2D eigenvalue weighted by Gasteiger charge is -2.10. The Bertz CT molecular complexity index is 535. The summed E-state index contributed by atoms with van der Waals surface area (Å²) in [6, 6.07) is 6.26. The molecule has 3 nitrogen and oxygen atoms in total. The number of fused-ring (bicyclic) bond motifs is 1. The Morgan fingerprint density at radius 1 is 1.19 bits per heavy atom. The minimum Gasteiger partial charge on any atom is -0.494 e. The smallest absolute Gasteiger partial charge is 0.145 e. The number of hydrogen-bond donors (Lipinski definition) is 1. The zero-order valence-electron chi connectivity index (χ0n) is 10.1. The lowest BCUT2D eigenvalue weighted by Crippen LogP contribution is -1.97. The Morgan fingerprint density at radius 3 is 2.56 bits per heavy atom. The van der Waals surface area contributed by atoms with E-state index in [4.69, 9.17) is 4.74 Å². The first kappa shape index (κ1) is 10.7. The van der Waals surface area contributed by atoms with Crippen LogP contribution in [0, 0.1) is 13.8 Å². The summed E-state index contributed by atoms with van der Waals surface area (Å²) >= 11 is 0. The highest BCUT2D eigenvalue weighted by atomic mass is 16.5. The van der Waals surface area contributed by atoms with Crippen molar-refractivity contribution in [1.29, 1.82) is 0 Å². The van der Waals surface area contributed by atoms with Gasteiger partial charge in [-0.3, -0.25) is 0 Å². The van der Waals surface area contributed by atoms with Crippen LogP contribution in [-0.4, -0.2) is 19.1 Å². The fourth-order valence-corrected chi connectivity index (χ4v) is 1.91. The largest absolute Gasteiger partial charge is 0.494 e. The van der Waals surface area contributed by atoms with E-state index in [1.807, 2.05) is 20.0 Å². The molecular weight excluding hydrogens is 200 g/mol. The van der Waals surface area contributed by atoms with Gasteiger partial charge in [-0.15, -0.1) is 0 Å². The zero-order chi connectivity index (χ0) is 11.7. The van der Waals surface area contributed by atoms with Gasteiger partial charge in [0, 0.05) is 12.4 Å². The maximum absolute atomic E-state index is 5.36. The minimum atomic E-state index is 0.825. The van der Waals surface area contributed by atoms with E-state index in [-0.39, 0.29) is 0 Å². The topological polar surface area (TPSA) is 34.2 Å². The van der Waals surface area contributed by atoms with Crippen molar-refractivity contribution in [2.75, 3.05) is 19.5 Å². The van der Waals surface area contributed by atoms with E-state index in [0.717, 1.165) is 28.0 Å². The van der Waals surface area contributed by atoms with E-state index >= 15 is 0 Å². The second-order valence-electron chi connectivity index (χ2n) is 3.94. The molecule has 1 heterocycles. The molecule has 84 valence electrons. The van der Waals surface area contributed by atoms with Gasteiger partial charge in [0.05, 0.1) is 7.11 Å². The number of hydrogen-bond acceptors (Lipinski definition) is 3. The third-order valence-corrected chi connectivity index (χ3v) is 2.67. The molecule has 0 atom stereocenters. The van der Waals surface area contributed by atoms with Gasteiger partial charge >= 0.3 is 0 Å². The first-order valence-corrected chi connectivity index (χ1v) is 5.29. The van der Waals surface area contributed by atoms with Crippen LogP contribution in [0.15, 0.2) is 18.2 Å². The predicted octanol–water partition coefficient (Wildman–Crippen LogP) is 2.90. The molecule has 0 amide bonds. The highest BCUT2D eigenvalue weighted by molar-refractivity contribution is 5.87. The van der Waals surface area contributed by atoms with E-state index in [1.54, 1.807) is 7.11 Å². The molecule has 0 unspecified atom stereocenters. The van der Waals surface area contributed by atoms with Gasteiger partial charge in [0.15, 0.2) is 0 Å². The first-order valence-electron chi connectivity index (χ1n) is 5.29. The maximum Gasteiger partial charge on any atom is 0.145 e. The van der Waals surface area contributed by atoms with E-state index in [9.17, 15) is 0 Å². The Balaban J connectivity index is 2.79. The molecule has 1 N–H and O–H groups in total. The third-order valence-electron chi connectivity index (χ3n) is 2.67. The fraction of sp³-hybridized carbons (Fsp3) is 0.308. The van der Waals surface area contributed by atoms with Crippen molar-refractivity contribution in [3.63, 3.8) is 0 Å². The standard InChI is InChI=1S/C13H16N2O/c1-8-5-10-7-9(2)13(14-3)15-12(10)11(6-8)16-4/h5-7H,1-4H3,(H,14,15). The number of methoxy groups -OCH3 is 1. The Labute approximate surface area is 95.5 Å². The summed E-state index contributed by atoms with van der Waals surface area (Å²) in [7, 11) is 3.55. The molecule has 1 aromatic carbocycles. The van der Waals surface area contributed by atoms with Gasteiger partial charge < -0.3 is 10.1 Å². The number of pyridine rings is 1. The Morgan fingerprint density at radius 2 is 1.94 bits per heavy atom. The molecule has 0 aliphatic heterocycles. The number of ether oxygens (including phenoxy) is 1. The molecule has 2 aromatic rings. The van der Waals surface area contributed by atoms with Gasteiger partial charge in [0.2, 0.25) is 0 Å². The number of nitrogens with one attached hydrogen (secondary N) is 1. The molecule has 0 fully saturated rings. The number of benzene rings is 1. The molecule has 3 heteroatoms. The first-order chi connectivity index (χ1) is 7.65. The molecule has 0 saturated carbocycles. The second-order valence-corrected chi connectivity index (χ2v) is 3.94. The van der Waals surface area contributed by atoms with Crippen LogP contribution < -0.4 is 10.1 Å². The highest BCUT2D eigenvalue weighted by Crippen LogP contribution is 2.28. The van der Waals surface area contributed by atoms with Crippen molar-refractivity contribution >= 4 is 16.7 Å². The molecule has 0 aliphatic rings. The van der Waals surface area contributed by atoms with Gasteiger partial charge in [-0.25, -0.2) is 4.98 Å². The average Bonchev–Trinajstić information content (AvgIpc) is 2.26. The molecule has 16 heavy (non-hydrogen) atoms. The van der Waals surface area contributed by atoms with Crippen LogP contribution in [0.4, 0.5) is 5.82 Å². The molecule has 0 saturated heterocycles. The van der Waals surface area contributed by atoms with E-state index in [1.165, 1.54) is 5.56 Å². The van der Waals surface area contributed by atoms with Crippen LogP contribution in [0.25, 0.3) is 10.9 Å². The van der Waals surface area contributed by atoms with Crippen molar-refractivity contribution in [3.05, 3.63) is 29.3 Å². The lowest BCUT2D eigenvalue weighted by molar-refractivity contribution is 0.418. The van der Waals surface area contributed by atoms with Crippen LogP contribution in [0.2, 0.25) is 0 Å². The normalized spacial score (nSPS) is 10.5. The Hall–Kier alpha value is -1.77. The van der Waals surface area contributed by atoms with Crippen LogP contribution >= 0.6 is 0 Å². The highest BCUT2D eigenvalue weighted by Gasteiger charge is 2.07. The van der Waals surface area contributed by atoms with E-state index in [2.05, 4.69) is 29.4 Å². The second kappa shape index (κ2) is 4.00. The van der Waals surface area contributed by atoms with Crippen molar-refractivity contribution in [2.45, 2.75) is 13.8 Å². The quantitative estimate of drug-likeness (QED) is 0.838. The molecule has 1 aromatic heterocycles. The van der Waals surface area contributed by atoms with Crippen LogP contribution in [0.5, 0.6) is 5.75 Å². The lowest BCUT2D eigenvalue weighted by atomic mass is 10.1. The number of aryl methyl sites for hydroxylation is 2. The summed E-state index contributed by atoms with van der Waals surface area (Å²) < 4.78 is 5.36. The molecular formula is C13H16N2O. The molecule has 0 spiro atoms. The molecule has 0 bridgehead atoms. The summed E-state index contributed by atoms with van der Waals surface area (Å²) in [6.45, 7) is 4.11. The monoisotopic (exact) mass is 216 g/mol. The van der Waals surface area contributed by atoms with E-state index in [0.29, 0.717) is 0 Å². The SMILES string of the molecule is CNc1nc2c(OC)cc(C)cc2cc1C. The fourth-order valence-electron chi connectivity index (χ4n) is 1.91.